The lowest BCUT2D eigenvalue weighted by Gasteiger charge is -2.17. The molecule has 1 heterocycles. The second-order valence-electron chi connectivity index (χ2n) is 6.19. The van der Waals surface area contributed by atoms with Gasteiger partial charge in [0.15, 0.2) is 0 Å². The van der Waals surface area contributed by atoms with Gasteiger partial charge in [0, 0.05) is 6.04 Å². The lowest BCUT2D eigenvalue weighted by atomic mass is 10.1. The van der Waals surface area contributed by atoms with Gasteiger partial charge in [-0.15, -0.1) is 0 Å². The molecule has 1 aromatic heterocycles. The monoisotopic (exact) mass is 388 g/mol. The molecule has 2 amide bonds. The van der Waals surface area contributed by atoms with Crippen molar-refractivity contribution in [1.82, 2.24) is 20.6 Å². The van der Waals surface area contributed by atoms with E-state index in [0.29, 0.717) is 0 Å². The van der Waals surface area contributed by atoms with Crippen LogP contribution in [0.1, 0.15) is 31.1 Å². The molecule has 0 aliphatic rings. The van der Waals surface area contributed by atoms with E-state index in [1.807, 2.05) is 13.8 Å². The third kappa shape index (κ3) is 5.57. The number of rotatable bonds is 8. The molecule has 2 aromatic rings. The molecule has 0 aliphatic heterocycles. The van der Waals surface area contributed by atoms with Crippen LogP contribution in [0.5, 0.6) is 23.5 Å². The maximum absolute atomic E-state index is 12.6. The van der Waals surface area contributed by atoms with E-state index in [0.717, 1.165) is 0 Å². The average molecular weight is 388 g/mol. The van der Waals surface area contributed by atoms with Gasteiger partial charge in [-0.3, -0.25) is 9.59 Å². The fraction of sp³-hybridized carbons (Fsp3) is 0.368. The fourth-order valence-corrected chi connectivity index (χ4v) is 2.23. The van der Waals surface area contributed by atoms with E-state index in [-0.39, 0.29) is 41.0 Å². The number of hydrogen-bond acceptors (Lipinski definition) is 7. The molecule has 0 radical (unpaired) electrons. The van der Waals surface area contributed by atoms with Crippen molar-refractivity contribution < 1.29 is 23.8 Å². The van der Waals surface area contributed by atoms with Crippen molar-refractivity contribution in [3.63, 3.8) is 0 Å². The highest BCUT2D eigenvalue weighted by atomic mass is 16.5. The Kier molecular flexibility index (Phi) is 7.14. The first kappa shape index (κ1) is 20.9. The summed E-state index contributed by atoms with van der Waals surface area (Å²) in [6, 6.07) is 7.30. The standard InChI is InChI=1S/C19H24N4O5/c1-11(2)20-17(24)12(3)21-18(25)13-8-6-7-9-14(13)28-19-22-15(26-4)10-16(23-19)27-5/h6-12H,1-5H3,(H,20,24)(H,21,25)/t12-/m0/s1. The maximum atomic E-state index is 12.6. The molecule has 0 fully saturated rings. The lowest BCUT2D eigenvalue weighted by Crippen LogP contribution is -2.46. The second kappa shape index (κ2) is 9.54. The number of nitrogens with zero attached hydrogens (tertiary/aromatic N) is 2. The molecule has 0 bridgehead atoms. The van der Waals surface area contributed by atoms with Gasteiger partial charge in [0.2, 0.25) is 17.7 Å². The minimum absolute atomic E-state index is 0.0253. The zero-order chi connectivity index (χ0) is 20.7. The van der Waals surface area contributed by atoms with Crippen LogP contribution in [0.25, 0.3) is 0 Å². The third-order valence-electron chi connectivity index (χ3n) is 3.58. The van der Waals surface area contributed by atoms with Crippen LogP contribution in [0, 0.1) is 0 Å². The molecule has 150 valence electrons. The zero-order valence-electron chi connectivity index (χ0n) is 16.5. The van der Waals surface area contributed by atoms with Crippen LogP contribution in [0.15, 0.2) is 30.3 Å². The summed E-state index contributed by atoms with van der Waals surface area (Å²) in [4.78, 5) is 32.8. The molecule has 0 aliphatic carbocycles. The highest BCUT2D eigenvalue weighted by molar-refractivity contribution is 5.99. The molecule has 2 N–H and O–H groups in total. The molecular formula is C19H24N4O5. The number of carbonyl (C=O) groups is 2. The summed E-state index contributed by atoms with van der Waals surface area (Å²) in [6.45, 7) is 5.30. The average Bonchev–Trinajstić information content (AvgIpc) is 2.67. The quantitative estimate of drug-likeness (QED) is 0.711. The molecule has 1 aromatic carbocycles. The molecule has 1 atom stereocenters. The van der Waals surface area contributed by atoms with E-state index in [2.05, 4.69) is 20.6 Å². The van der Waals surface area contributed by atoms with Crippen LogP contribution in [0.2, 0.25) is 0 Å². The Balaban J connectivity index is 2.21. The summed E-state index contributed by atoms with van der Waals surface area (Å²) in [5.74, 6) is -0.00298. The SMILES string of the molecule is COc1cc(OC)nc(Oc2ccccc2C(=O)N[C@@H](C)C(=O)NC(C)C)n1. The molecule has 0 saturated carbocycles. The van der Waals surface area contributed by atoms with Gasteiger partial charge in [-0.05, 0) is 32.9 Å². The summed E-state index contributed by atoms with van der Waals surface area (Å²) in [7, 11) is 2.91. The molecule has 0 unspecified atom stereocenters. The number of amides is 2. The minimum atomic E-state index is -0.712. The molecule has 0 saturated heterocycles. The number of aromatic nitrogens is 2. The Morgan fingerprint density at radius 1 is 0.964 bits per heavy atom. The van der Waals surface area contributed by atoms with Gasteiger partial charge in [0.1, 0.15) is 11.8 Å². The number of carbonyl (C=O) groups excluding carboxylic acids is 2. The predicted molar refractivity (Wildman–Crippen MR) is 102 cm³/mol. The van der Waals surface area contributed by atoms with Gasteiger partial charge >= 0.3 is 6.01 Å². The molecule has 9 heteroatoms. The van der Waals surface area contributed by atoms with Crippen molar-refractivity contribution in [3.05, 3.63) is 35.9 Å². The number of methoxy groups -OCH3 is 2. The van der Waals surface area contributed by atoms with Crippen molar-refractivity contribution >= 4 is 11.8 Å². The summed E-state index contributed by atoms with van der Waals surface area (Å²) in [6.07, 6.45) is 0. The van der Waals surface area contributed by atoms with Crippen molar-refractivity contribution in [1.29, 1.82) is 0 Å². The minimum Gasteiger partial charge on any atom is -0.481 e. The number of ether oxygens (including phenoxy) is 3. The second-order valence-corrected chi connectivity index (χ2v) is 6.19. The van der Waals surface area contributed by atoms with Crippen LogP contribution in [-0.4, -0.2) is 48.1 Å². The van der Waals surface area contributed by atoms with Gasteiger partial charge < -0.3 is 24.8 Å². The van der Waals surface area contributed by atoms with Crippen LogP contribution in [-0.2, 0) is 4.79 Å². The van der Waals surface area contributed by atoms with Gasteiger partial charge in [-0.2, -0.15) is 9.97 Å². The largest absolute Gasteiger partial charge is 0.481 e. The fourth-order valence-electron chi connectivity index (χ4n) is 2.23. The smallest absolute Gasteiger partial charge is 0.328 e. The molecule has 0 spiro atoms. The Morgan fingerprint density at radius 3 is 2.14 bits per heavy atom. The number of benzene rings is 1. The molecule has 2 rings (SSSR count). The first-order valence-electron chi connectivity index (χ1n) is 8.69. The van der Waals surface area contributed by atoms with Crippen LogP contribution >= 0.6 is 0 Å². The van der Waals surface area contributed by atoms with E-state index in [9.17, 15) is 9.59 Å². The van der Waals surface area contributed by atoms with Crippen molar-refractivity contribution in [3.8, 4) is 23.5 Å². The van der Waals surface area contributed by atoms with E-state index >= 15 is 0 Å². The summed E-state index contributed by atoms with van der Waals surface area (Å²) in [5.41, 5.74) is 0.233. The van der Waals surface area contributed by atoms with E-state index < -0.39 is 11.9 Å². The van der Waals surface area contributed by atoms with Crippen molar-refractivity contribution in [2.75, 3.05) is 14.2 Å². The summed E-state index contributed by atoms with van der Waals surface area (Å²) >= 11 is 0. The van der Waals surface area contributed by atoms with Gasteiger partial charge in [-0.1, -0.05) is 12.1 Å². The zero-order valence-corrected chi connectivity index (χ0v) is 16.5. The van der Waals surface area contributed by atoms with Gasteiger partial charge in [0.25, 0.3) is 5.91 Å². The van der Waals surface area contributed by atoms with Gasteiger partial charge in [-0.25, -0.2) is 0 Å². The maximum Gasteiger partial charge on any atom is 0.328 e. The molecule has 28 heavy (non-hydrogen) atoms. The molecular weight excluding hydrogens is 364 g/mol. The van der Waals surface area contributed by atoms with Crippen LogP contribution in [0.4, 0.5) is 0 Å². The highest BCUT2D eigenvalue weighted by Gasteiger charge is 2.20. The van der Waals surface area contributed by atoms with Crippen LogP contribution in [0.3, 0.4) is 0 Å². The topological polar surface area (TPSA) is 112 Å². The number of para-hydroxylation sites is 1. The van der Waals surface area contributed by atoms with Crippen molar-refractivity contribution in [2.45, 2.75) is 32.9 Å². The third-order valence-corrected chi connectivity index (χ3v) is 3.58. The Hall–Kier alpha value is -3.36. The Bertz CT molecular complexity index is 819. The highest BCUT2D eigenvalue weighted by Crippen LogP contribution is 2.26. The summed E-state index contributed by atoms with van der Waals surface area (Å²) in [5, 5.41) is 5.40. The van der Waals surface area contributed by atoms with Crippen LogP contribution < -0.4 is 24.8 Å². The summed E-state index contributed by atoms with van der Waals surface area (Å²) < 4.78 is 15.9. The van der Waals surface area contributed by atoms with E-state index in [1.165, 1.54) is 20.3 Å². The van der Waals surface area contributed by atoms with E-state index in [1.54, 1.807) is 31.2 Å². The first-order chi connectivity index (χ1) is 13.3. The van der Waals surface area contributed by atoms with E-state index in [4.69, 9.17) is 14.2 Å². The Labute approximate surface area is 163 Å². The predicted octanol–water partition coefficient (Wildman–Crippen LogP) is 1.93. The number of nitrogens with one attached hydrogen (secondary N) is 2. The normalized spacial score (nSPS) is 11.5. The Morgan fingerprint density at radius 2 is 1.57 bits per heavy atom. The number of hydrogen-bond donors (Lipinski definition) is 2. The molecule has 9 nitrogen and oxygen atoms in total. The lowest BCUT2D eigenvalue weighted by molar-refractivity contribution is -0.123. The van der Waals surface area contributed by atoms with Crippen molar-refractivity contribution in [2.24, 2.45) is 0 Å². The van der Waals surface area contributed by atoms with Gasteiger partial charge in [0.05, 0.1) is 25.8 Å². The first-order valence-corrected chi connectivity index (χ1v) is 8.69.